The molecule has 0 aliphatic carbocycles. The minimum Gasteiger partial charge on any atom is -0.371 e. The van der Waals surface area contributed by atoms with Crippen LogP contribution in [0.4, 0.5) is 10.2 Å². The number of imidazole rings is 1. The van der Waals surface area contributed by atoms with Crippen molar-refractivity contribution in [3.05, 3.63) is 42.4 Å². The number of aromatic amines is 1. The van der Waals surface area contributed by atoms with Gasteiger partial charge in [-0.2, -0.15) is 0 Å². The number of carbonyl (C=O) groups excluding carboxylic acids is 1. The summed E-state index contributed by atoms with van der Waals surface area (Å²) in [4.78, 5) is 25.1. The van der Waals surface area contributed by atoms with Crippen molar-refractivity contribution in [3.63, 3.8) is 0 Å². The average molecular weight is 345 g/mol. The number of H-pyrrole nitrogens is 1. The van der Waals surface area contributed by atoms with Crippen molar-refractivity contribution < 1.29 is 13.9 Å². The van der Waals surface area contributed by atoms with Crippen LogP contribution in [0.2, 0.25) is 0 Å². The molecular formula is C17H20FN5O2. The van der Waals surface area contributed by atoms with Gasteiger partial charge in [0.2, 0.25) is 0 Å². The highest BCUT2D eigenvalue weighted by Crippen LogP contribution is 2.36. The van der Waals surface area contributed by atoms with Gasteiger partial charge in [-0.1, -0.05) is 0 Å². The predicted octanol–water partition coefficient (Wildman–Crippen LogP) is 1.82. The molecule has 7 nitrogen and oxygen atoms in total. The zero-order valence-corrected chi connectivity index (χ0v) is 13.7. The highest BCUT2D eigenvalue weighted by molar-refractivity contribution is 5.92. The molecule has 4 rings (SSSR count). The summed E-state index contributed by atoms with van der Waals surface area (Å²) in [5, 5.41) is 3.12. The third-order valence-corrected chi connectivity index (χ3v) is 4.86. The Morgan fingerprint density at radius 3 is 3.24 bits per heavy atom. The van der Waals surface area contributed by atoms with Gasteiger partial charge in [0.15, 0.2) is 11.6 Å². The van der Waals surface area contributed by atoms with Gasteiger partial charge in [-0.15, -0.1) is 0 Å². The van der Waals surface area contributed by atoms with Gasteiger partial charge in [-0.05, 0) is 25.0 Å². The summed E-state index contributed by atoms with van der Waals surface area (Å²) in [7, 11) is 0. The number of rotatable bonds is 3. The second-order valence-corrected chi connectivity index (χ2v) is 6.67. The van der Waals surface area contributed by atoms with Crippen molar-refractivity contribution in [2.24, 2.45) is 0 Å². The van der Waals surface area contributed by atoms with Crippen molar-refractivity contribution >= 4 is 11.7 Å². The minimum atomic E-state index is -0.378. The van der Waals surface area contributed by atoms with E-state index in [-0.39, 0.29) is 29.2 Å². The van der Waals surface area contributed by atoms with Crippen molar-refractivity contribution in [1.29, 1.82) is 0 Å². The fourth-order valence-corrected chi connectivity index (χ4v) is 3.72. The Hall–Kier alpha value is -2.48. The third kappa shape index (κ3) is 3.21. The van der Waals surface area contributed by atoms with E-state index in [4.69, 9.17) is 4.74 Å². The van der Waals surface area contributed by atoms with Crippen LogP contribution in [0.1, 0.15) is 29.8 Å². The summed E-state index contributed by atoms with van der Waals surface area (Å²) in [6.07, 6.45) is 7.08. The zero-order valence-electron chi connectivity index (χ0n) is 13.7. The van der Waals surface area contributed by atoms with Gasteiger partial charge < -0.3 is 19.9 Å². The number of amides is 1. The van der Waals surface area contributed by atoms with Gasteiger partial charge in [0.1, 0.15) is 5.69 Å². The molecule has 1 amide bonds. The summed E-state index contributed by atoms with van der Waals surface area (Å²) in [5.74, 6) is -0.190. The van der Waals surface area contributed by atoms with Crippen LogP contribution in [0, 0.1) is 5.82 Å². The quantitative estimate of drug-likeness (QED) is 0.887. The summed E-state index contributed by atoms with van der Waals surface area (Å²) >= 11 is 0. The van der Waals surface area contributed by atoms with Gasteiger partial charge in [0, 0.05) is 19.2 Å². The van der Waals surface area contributed by atoms with E-state index < -0.39 is 0 Å². The molecule has 0 aromatic carbocycles. The van der Waals surface area contributed by atoms with Crippen LogP contribution in [0.15, 0.2) is 30.9 Å². The largest absolute Gasteiger partial charge is 0.371 e. The van der Waals surface area contributed by atoms with Crippen LogP contribution in [0.5, 0.6) is 0 Å². The van der Waals surface area contributed by atoms with Crippen LogP contribution in [-0.2, 0) is 4.74 Å². The van der Waals surface area contributed by atoms with Crippen LogP contribution >= 0.6 is 0 Å². The van der Waals surface area contributed by atoms with Gasteiger partial charge in [-0.25, -0.2) is 14.4 Å². The number of hydrogen-bond acceptors (Lipinski definition) is 5. The number of halogens is 1. The molecule has 0 unspecified atom stereocenters. The SMILES string of the molecule is O=C(c1cnc[nH]1)N1CCC[C@@]2(C[C@@H](Nc3ncccc3F)CO2)C1. The molecule has 2 aliphatic heterocycles. The second kappa shape index (κ2) is 6.44. The number of hydrogen-bond donors (Lipinski definition) is 2. The topological polar surface area (TPSA) is 83.1 Å². The molecule has 0 radical (unpaired) electrons. The monoisotopic (exact) mass is 345 g/mol. The first-order valence-electron chi connectivity index (χ1n) is 8.44. The molecule has 8 heteroatoms. The number of likely N-dealkylation sites (tertiary alicyclic amines) is 1. The molecule has 0 saturated carbocycles. The Morgan fingerprint density at radius 2 is 2.44 bits per heavy atom. The maximum Gasteiger partial charge on any atom is 0.272 e. The molecule has 132 valence electrons. The fourth-order valence-electron chi connectivity index (χ4n) is 3.72. The molecule has 2 aromatic rings. The van der Waals surface area contributed by atoms with Crippen molar-refractivity contribution in [2.45, 2.75) is 30.9 Å². The maximum atomic E-state index is 13.8. The lowest BCUT2D eigenvalue weighted by atomic mass is 9.88. The Morgan fingerprint density at radius 1 is 1.52 bits per heavy atom. The van der Waals surface area contributed by atoms with E-state index in [1.165, 1.54) is 18.6 Å². The average Bonchev–Trinajstić information content (AvgIpc) is 3.27. The van der Waals surface area contributed by atoms with Crippen molar-refractivity contribution in [1.82, 2.24) is 19.9 Å². The Kier molecular flexibility index (Phi) is 4.12. The number of ether oxygens (including phenoxy) is 1. The molecular weight excluding hydrogens is 325 g/mol. The third-order valence-electron chi connectivity index (χ3n) is 4.86. The fraction of sp³-hybridized carbons (Fsp3) is 0.471. The van der Waals surface area contributed by atoms with Crippen LogP contribution < -0.4 is 5.32 Å². The van der Waals surface area contributed by atoms with Crippen LogP contribution in [0.3, 0.4) is 0 Å². The Balaban J connectivity index is 1.42. The van der Waals surface area contributed by atoms with Crippen molar-refractivity contribution in [2.75, 3.05) is 25.0 Å². The summed E-state index contributed by atoms with van der Waals surface area (Å²) in [6.45, 7) is 1.71. The standard InChI is InChI=1S/C17H20FN5O2/c18-13-3-1-5-20-15(13)22-12-7-17(25-9-12)4-2-6-23(10-17)16(24)14-8-19-11-21-14/h1,3,5,8,11-12H,2,4,6-7,9-10H2,(H,19,21)(H,20,22)/t12-,17-/m1/s1. The summed E-state index contributed by atoms with van der Waals surface area (Å²) in [5.41, 5.74) is 0.108. The maximum absolute atomic E-state index is 13.8. The molecule has 2 aliphatic rings. The molecule has 2 aromatic heterocycles. The first-order chi connectivity index (χ1) is 12.2. The molecule has 1 spiro atoms. The smallest absolute Gasteiger partial charge is 0.272 e. The van der Waals surface area contributed by atoms with E-state index >= 15 is 0 Å². The zero-order chi connectivity index (χ0) is 17.3. The van der Waals surface area contributed by atoms with Gasteiger partial charge in [0.05, 0.1) is 37.3 Å². The normalized spacial score (nSPS) is 26.1. The lowest BCUT2D eigenvalue weighted by molar-refractivity contribution is -0.0448. The number of nitrogens with one attached hydrogen (secondary N) is 2. The van der Waals surface area contributed by atoms with E-state index in [1.54, 1.807) is 17.2 Å². The second-order valence-electron chi connectivity index (χ2n) is 6.67. The Labute approximate surface area is 144 Å². The summed E-state index contributed by atoms with van der Waals surface area (Å²) < 4.78 is 19.8. The number of piperidine rings is 1. The lowest BCUT2D eigenvalue weighted by Crippen LogP contribution is -2.50. The van der Waals surface area contributed by atoms with E-state index in [0.29, 0.717) is 25.4 Å². The van der Waals surface area contributed by atoms with Crippen LogP contribution in [-0.4, -0.2) is 57.1 Å². The van der Waals surface area contributed by atoms with Gasteiger partial charge in [-0.3, -0.25) is 4.79 Å². The first-order valence-corrected chi connectivity index (χ1v) is 8.44. The molecule has 25 heavy (non-hydrogen) atoms. The van der Waals surface area contributed by atoms with E-state index in [1.807, 2.05) is 0 Å². The molecule has 2 fully saturated rings. The number of carbonyl (C=O) groups is 1. The number of anilines is 1. The molecule has 0 bridgehead atoms. The lowest BCUT2D eigenvalue weighted by Gasteiger charge is -2.39. The van der Waals surface area contributed by atoms with Crippen LogP contribution in [0.25, 0.3) is 0 Å². The first kappa shape index (κ1) is 16.0. The highest BCUT2D eigenvalue weighted by Gasteiger charge is 2.45. The molecule has 4 heterocycles. The molecule has 2 N–H and O–H groups in total. The van der Waals surface area contributed by atoms with E-state index in [2.05, 4.69) is 20.3 Å². The number of aromatic nitrogens is 3. The van der Waals surface area contributed by atoms with Crippen molar-refractivity contribution in [3.8, 4) is 0 Å². The van der Waals surface area contributed by atoms with E-state index in [9.17, 15) is 9.18 Å². The number of pyridine rings is 1. The highest BCUT2D eigenvalue weighted by atomic mass is 19.1. The molecule has 2 saturated heterocycles. The number of nitrogens with zero attached hydrogens (tertiary/aromatic N) is 3. The van der Waals surface area contributed by atoms with E-state index in [0.717, 1.165) is 19.3 Å². The minimum absolute atomic E-state index is 0.0217. The summed E-state index contributed by atoms with van der Waals surface area (Å²) in [6, 6.07) is 2.92. The molecule has 2 atom stereocenters. The Bertz CT molecular complexity index is 753. The predicted molar refractivity (Wildman–Crippen MR) is 88.6 cm³/mol. The van der Waals surface area contributed by atoms with Gasteiger partial charge in [0.25, 0.3) is 5.91 Å². The van der Waals surface area contributed by atoms with Gasteiger partial charge >= 0.3 is 0 Å².